The highest BCUT2D eigenvalue weighted by Crippen LogP contribution is 2.27. The molecule has 2 aromatic heterocycles. The van der Waals surface area contributed by atoms with Gasteiger partial charge in [0.05, 0.1) is 17.3 Å². The van der Waals surface area contributed by atoms with Gasteiger partial charge in [-0.15, -0.1) is 11.8 Å². The highest BCUT2D eigenvalue weighted by Gasteiger charge is 2.19. The van der Waals surface area contributed by atoms with E-state index in [1.807, 2.05) is 34.0 Å². The van der Waals surface area contributed by atoms with Crippen LogP contribution in [-0.2, 0) is 12.2 Å². The minimum Gasteiger partial charge on any atom is -0.361 e. The van der Waals surface area contributed by atoms with Crippen molar-refractivity contribution in [2.75, 3.05) is 20.6 Å². The van der Waals surface area contributed by atoms with Gasteiger partial charge in [0.15, 0.2) is 0 Å². The first-order valence-corrected chi connectivity index (χ1v) is 11.4. The van der Waals surface area contributed by atoms with Gasteiger partial charge in [-0.2, -0.15) is 0 Å². The normalized spacial score (nSPS) is 12.2. The van der Waals surface area contributed by atoms with E-state index in [9.17, 15) is 4.79 Å². The number of nitrogens with one attached hydrogen (secondary N) is 1. The number of likely N-dealkylation sites (N-methyl/N-ethyl adjacent to an activating group) is 1. The smallest absolute Gasteiger partial charge is 0.254 e. The molecule has 1 N–H and O–H groups in total. The van der Waals surface area contributed by atoms with Crippen molar-refractivity contribution in [2.24, 2.45) is 0 Å². The molecule has 0 spiro atoms. The van der Waals surface area contributed by atoms with Crippen molar-refractivity contribution in [3.05, 3.63) is 76.3 Å². The lowest BCUT2D eigenvalue weighted by Crippen LogP contribution is -2.34. The maximum Gasteiger partial charge on any atom is 0.254 e. The zero-order chi connectivity index (χ0) is 22.4. The molecular weight excluding hydrogens is 408 g/mol. The van der Waals surface area contributed by atoms with Gasteiger partial charge in [0.2, 0.25) is 0 Å². The first-order chi connectivity index (χ1) is 14.9. The van der Waals surface area contributed by atoms with Crippen LogP contribution in [0, 0.1) is 13.8 Å². The number of carbonyl (C=O) groups excluding carboxylic acids is 1. The van der Waals surface area contributed by atoms with E-state index in [0.29, 0.717) is 22.9 Å². The maximum absolute atomic E-state index is 13.0. The molecule has 0 bridgehead atoms. The highest BCUT2D eigenvalue weighted by molar-refractivity contribution is 7.98. The number of rotatable bonds is 9. The molecular formula is C24H30N4O2S. The molecule has 1 atom stereocenters. The Labute approximate surface area is 188 Å². The van der Waals surface area contributed by atoms with Crippen LogP contribution in [0.25, 0.3) is 0 Å². The molecule has 1 unspecified atom stereocenters. The number of benzene rings is 1. The molecule has 3 aromatic rings. The molecule has 0 saturated carbocycles. The van der Waals surface area contributed by atoms with Crippen LogP contribution in [0.1, 0.15) is 51.5 Å². The fourth-order valence-corrected chi connectivity index (χ4v) is 4.53. The summed E-state index contributed by atoms with van der Waals surface area (Å²) in [5, 5.41) is 7.80. The fraction of sp³-hybridized carbons (Fsp3) is 0.375. The predicted octanol–water partition coefficient (Wildman–Crippen LogP) is 4.57. The van der Waals surface area contributed by atoms with Crippen molar-refractivity contribution in [3.63, 3.8) is 0 Å². The highest BCUT2D eigenvalue weighted by atomic mass is 32.2. The third-order valence-electron chi connectivity index (χ3n) is 5.40. The third-order valence-corrected chi connectivity index (χ3v) is 6.43. The number of hydrogen-bond acceptors (Lipinski definition) is 6. The summed E-state index contributed by atoms with van der Waals surface area (Å²) in [5.41, 5.74) is 4.99. The SMILES string of the molecule is CCc1ccc(C(CNC(=O)c2cccnc2SCc2c(C)noc2C)N(C)C)cc1. The summed E-state index contributed by atoms with van der Waals surface area (Å²) in [7, 11) is 4.05. The zero-order valence-corrected chi connectivity index (χ0v) is 19.6. The molecule has 0 aliphatic heterocycles. The van der Waals surface area contributed by atoms with Gasteiger partial charge in [0.25, 0.3) is 5.91 Å². The molecule has 7 heteroatoms. The summed E-state index contributed by atoms with van der Waals surface area (Å²) in [6.07, 6.45) is 2.73. The Hall–Kier alpha value is -2.64. The lowest BCUT2D eigenvalue weighted by Gasteiger charge is -2.25. The number of aryl methyl sites for hydroxylation is 3. The average molecular weight is 439 g/mol. The molecule has 0 saturated heterocycles. The molecule has 0 radical (unpaired) electrons. The number of hydrogen-bond donors (Lipinski definition) is 1. The molecule has 31 heavy (non-hydrogen) atoms. The minimum absolute atomic E-state index is 0.0879. The van der Waals surface area contributed by atoms with E-state index in [-0.39, 0.29) is 11.9 Å². The third kappa shape index (κ3) is 5.74. The van der Waals surface area contributed by atoms with Gasteiger partial charge in [-0.25, -0.2) is 4.98 Å². The maximum atomic E-state index is 13.0. The van der Waals surface area contributed by atoms with Gasteiger partial charge in [-0.1, -0.05) is 36.3 Å². The van der Waals surface area contributed by atoms with Gasteiger partial charge in [-0.3, -0.25) is 4.79 Å². The Morgan fingerprint density at radius 3 is 2.55 bits per heavy atom. The Morgan fingerprint density at radius 1 is 1.19 bits per heavy atom. The molecule has 6 nitrogen and oxygen atoms in total. The van der Waals surface area contributed by atoms with Crippen molar-refractivity contribution >= 4 is 17.7 Å². The molecule has 164 valence electrons. The Kier molecular flexibility index (Phi) is 7.87. The number of thioether (sulfide) groups is 1. The molecule has 0 aliphatic rings. The predicted molar refractivity (Wildman–Crippen MR) is 124 cm³/mol. The van der Waals surface area contributed by atoms with Crippen molar-refractivity contribution in [1.82, 2.24) is 20.4 Å². The Morgan fingerprint density at radius 2 is 1.94 bits per heavy atom. The van der Waals surface area contributed by atoms with Crippen LogP contribution in [0.2, 0.25) is 0 Å². The Bertz CT molecular complexity index is 995. The number of amides is 1. The van der Waals surface area contributed by atoms with E-state index < -0.39 is 0 Å². The van der Waals surface area contributed by atoms with E-state index in [2.05, 4.69) is 51.5 Å². The van der Waals surface area contributed by atoms with Crippen molar-refractivity contribution in [1.29, 1.82) is 0 Å². The molecule has 0 fully saturated rings. The van der Waals surface area contributed by atoms with Crippen LogP contribution < -0.4 is 5.32 Å². The van der Waals surface area contributed by atoms with E-state index in [1.54, 1.807) is 12.3 Å². The average Bonchev–Trinajstić information content (AvgIpc) is 3.10. The summed E-state index contributed by atoms with van der Waals surface area (Å²) in [4.78, 5) is 19.6. The van der Waals surface area contributed by atoms with Crippen molar-refractivity contribution in [2.45, 2.75) is 44.0 Å². The largest absolute Gasteiger partial charge is 0.361 e. The Balaban J connectivity index is 1.69. The molecule has 1 aromatic carbocycles. The van der Waals surface area contributed by atoms with E-state index >= 15 is 0 Å². The molecule has 2 heterocycles. The summed E-state index contributed by atoms with van der Waals surface area (Å²) in [6, 6.07) is 12.3. The van der Waals surface area contributed by atoms with Gasteiger partial charge in [0, 0.05) is 24.1 Å². The lowest BCUT2D eigenvalue weighted by atomic mass is 10.0. The second kappa shape index (κ2) is 10.6. The standard InChI is InChI=1S/C24H30N4O2S/c1-6-18-9-11-19(12-10-18)22(28(4)5)14-26-23(29)20-8-7-13-25-24(20)31-15-21-16(2)27-30-17(21)3/h7-13,22H,6,14-15H2,1-5H3,(H,26,29). The summed E-state index contributed by atoms with van der Waals surface area (Å²) in [6.45, 7) is 6.48. The van der Waals surface area contributed by atoms with E-state index in [1.165, 1.54) is 22.9 Å². The summed E-state index contributed by atoms with van der Waals surface area (Å²) >= 11 is 1.52. The minimum atomic E-state index is -0.119. The van der Waals surface area contributed by atoms with E-state index in [4.69, 9.17) is 4.52 Å². The van der Waals surface area contributed by atoms with Crippen LogP contribution in [0.4, 0.5) is 0 Å². The molecule has 1 amide bonds. The van der Waals surface area contributed by atoms with E-state index in [0.717, 1.165) is 23.4 Å². The number of pyridine rings is 1. The van der Waals surface area contributed by atoms with Gasteiger partial charge >= 0.3 is 0 Å². The second-order valence-electron chi connectivity index (χ2n) is 7.73. The van der Waals surface area contributed by atoms with Gasteiger partial charge in [-0.05, 0) is 57.6 Å². The number of nitrogens with zero attached hydrogens (tertiary/aromatic N) is 3. The first kappa shape index (κ1) is 23.0. The van der Waals surface area contributed by atoms with Crippen LogP contribution in [0.3, 0.4) is 0 Å². The first-order valence-electron chi connectivity index (χ1n) is 10.4. The second-order valence-corrected chi connectivity index (χ2v) is 8.70. The van der Waals surface area contributed by atoms with Crippen molar-refractivity contribution in [3.8, 4) is 0 Å². The van der Waals surface area contributed by atoms with Crippen LogP contribution in [0.5, 0.6) is 0 Å². The molecule has 3 rings (SSSR count). The van der Waals surface area contributed by atoms with Crippen LogP contribution in [0.15, 0.2) is 52.1 Å². The van der Waals surface area contributed by atoms with Crippen molar-refractivity contribution < 1.29 is 9.32 Å². The van der Waals surface area contributed by atoms with Gasteiger partial charge < -0.3 is 14.7 Å². The topological polar surface area (TPSA) is 71.3 Å². The lowest BCUT2D eigenvalue weighted by molar-refractivity contribution is 0.0938. The monoisotopic (exact) mass is 438 g/mol. The van der Waals surface area contributed by atoms with Gasteiger partial charge in [0.1, 0.15) is 10.8 Å². The summed E-state index contributed by atoms with van der Waals surface area (Å²) < 4.78 is 5.24. The fourth-order valence-electron chi connectivity index (χ4n) is 3.39. The van der Waals surface area contributed by atoms with Crippen LogP contribution >= 0.6 is 11.8 Å². The number of aromatic nitrogens is 2. The quantitative estimate of drug-likeness (QED) is 0.493. The zero-order valence-electron chi connectivity index (χ0n) is 18.8. The molecule has 0 aliphatic carbocycles. The van der Waals surface area contributed by atoms with Crippen LogP contribution in [-0.4, -0.2) is 41.6 Å². The number of carbonyl (C=O) groups is 1. The summed E-state index contributed by atoms with van der Waals surface area (Å²) in [5.74, 6) is 1.34.